The Hall–Kier alpha value is -1.26. The minimum Gasteiger partial charge on any atom is -0.506 e. The Morgan fingerprint density at radius 2 is 2.19 bits per heavy atom. The summed E-state index contributed by atoms with van der Waals surface area (Å²) in [7, 11) is 0. The Labute approximate surface area is 99.4 Å². The van der Waals surface area contributed by atoms with Crippen molar-refractivity contribution in [2.45, 2.75) is 19.4 Å². The average molecular weight is 243 g/mol. The van der Waals surface area contributed by atoms with Gasteiger partial charge in [-0.15, -0.1) is 0 Å². The molecular formula is C11H15ClN2O2. The highest BCUT2D eigenvalue weighted by molar-refractivity contribution is 6.32. The number of phenolic OH excluding ortho intramolecular Hbond substituents is 1. The second-order valence-corrected chi connectivity index (χ2v) is 4.74. The molecule has 0 aliphatic carbocycles. The van der Waals surface area contributed by atoms with Gasteiger partial charge in [-0.25, -0.2) is 0 Å². The van der Waals surface area contributed by atoms with Crippen molar-refractivity contribution in [3.05, 3.63) is 28.8 Å². The molecule has 0 saturated carbocycles. The average Bonchev–Trinajstić information content (AvgIpc) is 2.17. The molecule has 0 aliphatic rings. The monoisotopic (exact) mass is 242 g/mol. The zero-order valence-corrected chi connectivity index (χ0v) is 10.0. The third-order valence-corrected chi connectivity index (χ3v) is 2.22. The minimum atomic E-state index is -0.462. The summed E-state index contributed by atoms with van der Waals surface area (Å²) >= 11 is 5.69. The van der Waals surface area contributed by atoms with E-state index < -0.39 is 5.54 Å². The number of phenols is 1. The first-order chi connectivity index (χ1) is 7.29. The van der Waals surface area contributed by atoms with Crippen LogP contribution in [0.5, 0.6) is 5.75 Å². The van der Waals surface area contributed by atoms with Crippen molar-refractivity contribution in [2.24, 2.45) is 5.73 Å². The molecule has 0 fully saturated rings. The van der Waals surface area contributed by atoms with Crippen molar-refractivity contribution in [3.8, 4) is 5.75 Å². The lowest BCUT2D eigenvalue weighted by molar-refractivity contribution is 0.0946. The molecule has 5 heteroatoms. The summed E-state index contributed by atoms with van der Waals surface area (Å²) in [5, 5.41) is 12.0. The molecule has 1 rings (SSSR count). The lowest BCUT2D eigenvalue weighted by Crippen LogP contribution is -2.45. The first kappa shape index (κ1) is 12.8. The number of carbonyl (C=O) groups is 1. The van der Waals surface area contributed by atoms with E-state index in [-0.39, 0.29) is 16.7 Å². The maximum atomic E-state index is 11.6. The van der Waals surface area contributed by atoms with Crippen LogP contribution in [0.1, 0.15) is 24.2 Å². The molecule has 1 aromatic carbocycles. The molecule has 1 amide bonds. The Kier molecular flexibility index (Phi) is 3.78. The molecule has 0 aromatic heterocycles. The minimum absolute atomic E-state index is 0.0441. The lowest BCUT2D eigenvalue weighted by atomic mass is 10.1. The van der Waals surface area contributed by atoms with Gasteiger partial charge in [0, 0.05) is 17.6 Å². The van der Waals surface area contributed by atoms with Crippen molar-refractivity contribution in [3.63, 3.8) is 0 Å². The van der Waals surface area contributed by atoms with E-state index in [0.717, 1.165) is 0 Å². The molecule has 0 bridgehead atoms. The van der Waals surface area contributed by atoms with Crippen LogP contribution in [-0.2, 0) is 0 Å². The summed E-state index contributed by atoms with van der Waals surface area (Å²) in [5.41, 5.74) is 5.67. The molecule has 88 valence electrons. The van der Waals surface area contributed by atoms with Crippen LogP contribution in [0.2, 0.25) is 5.02 Å². The molecule has 0 radical (unpaired) electrons. The number of nitrogens with one attached hydrogen (secondary N) is 1. The normalized spacial score (nSPS) is 11.2. The topological polar surface area (TPSA) is 75.3 Å². The standard InChI is InChI=1S/C11H15ClN2O2/c1-11(2,13)6-14-10(16)7-3-4-9(15)8(12)5-7/h3-5,15H,6,13H2,1-2H3,(H,14,16). The van der Waals surface area contributed by atoms with Gasteiger partial charge in [-0.05, 0) is 32.0 Å². The van der Waals surface area contributed by atoms with E-state index in [1.165, 1.54) is 18.2 Å². The molecule has 0 aliphatic heterocycles. The first-order valence-corrected chi connectivity index (χ1v) is 5.23. The van der Waals surface area contributed by atoms with Crippen LogP contribution in [0.15, 0.2) is 18.2 Å². The lowest BCUT2D eigenvalue weighted by Gasteiger charge is -2.18. The Morgan fingerprint density at radius 1 is 1.56 bits per heavy atom. The SMILES string of the molecule is CC(C)(N)CNC(=O)c1ccc(O)c(Cl)c1. The molecule has 4 nitrogen and oxygen atoms in total. The number of hydrogen-bond donors (Lipinski definition) is 3. The number of amides is 1. The summed E-state index contributed by atoms with van der Waals surface area (Å²) in [6.45, 7) is 4.00. The maximum absolute atomic E-state index is 11.6. The summed E-state index contributed by atoms with van der Waals surface area (Å²) < 4.78 is 0. The fourth-order valence-electron chi connectivity index (χ4n) is 1.06. The largest absolute Gasteiger partial charge is 0.506 e. The van der Waals surface area contributed by atoms with Crippen LogP contribution >= 0.6 is 11.6 Å². The van der Waals surface area contributed by atoms with Gasteiger partial charge in [0.15, 0.2) is 0 Å². The highest BCUT2D eigenvalue weighted by Crippen LogP contribution is 2.23. The molecule has 0 unspecified atom stereocenters. The molecule has 0 spiro atoms. The highest BCUT2D eigenvalue weighted by Gasteiger charge is 2.14. The number of rotatable bonds is 3. The molecule has 16 heavy (non-hydrogen) atoms. The molecule has 0 saturated heterocycles. The number of hydrogen-bond acceptors (Lipinski definition) is 3. The quantitative estimate of drug-likeness (QED) is 0.752. The van der Waals surface area contributed by atoms with Crippen molar-refractivity contribution >= 4 is 17.5 Å². The number of halogens is 1. The second kappa shape index (κ2) is 4.72. The zero-order chi connectivity index (χ0) is 12.3. The summed E-state index contributed by atoms with van der Waals surface area (Å²) in [6.07, 6.45) is 0. The van der Waals surface area contributed by atoms with Gasteiger partial charge in [0.1, 0.15) is 5.75 Å². The Morgan fingerprint density at radius 3 is 2.69 bits per heavy atom. The third-order valence-electron chi connectivity index (χ3n) is 1.91. The van der Waals surface area contributed by atoms with Gasteiger partial charge in [-0.1, -0.05) is 11.6 Å². The van der Waals surface area contributed by atoms with Crippen LogP contribution in [0.4, 0.5) is 0 Å². The summed E-state index contributed by atoms with van der Waals surface area (Å²) in [5.74, 6) is -0.308. The first-order valence-electron chi connectivity index (χ1n) is 4.85. The van der Waals surface area contributed by atoms with E-state index in [1.54, 1.807) is 0 Å². The van der Waals surface area contributed by atoms with E-state index in [1.807, 2.05) is 13.8 Å². The van der Waals surface area contributed by atoms with E-state index in [9.17, 15) is 9.90 Å². The van der Waals surface area contributed by atoms with Gasteiger partial charge in [0.2, 0.25) is 0 Å². The zero-order valence-electron chi connectivity index (χ0n) is 9.25. The molecular weight excluding hydrogens is 228 g/mol. The van der Waals surface area contributed by atoms with Crippen molar-refractivity contribution in [1.29, 1.82) is 0 Å². The summed E-state index contributed by atoms with van der Waals surface area (Å²) in [4.78, 5) is 11.6. The Bertz CT molecular complexity index is 399. The van der Waals surface area contributed by atoms with Gasteiger partial charge in [0.25, 0.3) is 5.91 Å². The van der Waals surface area contributed by atoms with Crippen molar-refractivity contribution in [2.75, 3.05) is 6.54 Å². The van der Waals surface area contributed by atoms with Crippen molar-refractivity contribution < 1.29 is 9.90 Å². The van der Waals surface area contributed by atoms with E-state index in [4.69, 9.17) is 17.3 Å². The Balaban J connectivity index is 2.70. The second-order valence-electron chi connectivity index (χ2n) is 4.34. The highest BCUT2D eigenvalue weighted by atomic mass is 35.5. The fourth-order valence-corrected chi connectivity index (χ4v) is 1.24. The van der Waals surface area contributed by atoms with E-state index in [2.05, 4.69) is 5.32 Å². The smallest absolute Gasteiger partial charge is 0.251 e. The van der Waals surface area contributed by atoms with E-state index >= 15 is 0 Å². The van der Waals surface area contributed by atoms with Crippen LogP contribution in [-0.4, -0.2) is 23.1 Å². The molecule has 0 heterocycles. The van der Waals surface area contributed by atoms with Gasteiger partial charge in [-0.2, -0.15) is 0 Å². The number of aromatic hydroxyl groups is 1. The maximum Gasteiger partial charge on any atom is 0.251 e. The predicted octanol–water partition coefficient (Wildman–Crippen LogP) is 1.51. The van der Waals surface area contributed by atoms with Gasteiger partial charge >= 0.3 is 0 Å². The van der Waals surface area contributed by atoms with Gasteiger partial charge in [-0.3, -0.25) is 4.79 Å². The summed E-state index contributed by atoms with van der Waals surface area (Å²) in [6, 6.07) is 4.29. The number of benzene rings is 1. The molecule has 0 atom stereocenters. The van der Waals surface area contributed by atoms with Crippen molar-refractivity contribution in [1.82, 2.24) is 5.32 Å². The fraction of sp³-hybridized carbons (Fsp3) is 0.364. The third kappa shape index (κ3) is 3.72. The number of nitrogens with two attached hydrogens (primary N) is 1. The van der Waals surface area contributed by atoms with Gasteiger partial charge in [0.05, 0.1) is 5.02 Å². The molecule has 4 N–H and O–H groups in total. The predicted molar refractivity (Wildman–Crippen MR) is 63.7 cm³/mol. The van der Waals surface area contributed by atoms with Crippen LogP contribution in [0.25, 0.3) is 0 Å². The van der Waals surface area contributed by atoms with Crippen LogP contribution in [0.3, 0.4) is 0 Å². The number of carbonyl (C=O) groups excluding carboxylic acids is 1. The van der Waals surface area contributed by atoms with Crippen LogP contribution in [0, 0.1) is 0 Å². The van der Waals surface area contributed by atoms with Gasteiger partial charge < -0.3 is 16.2 Å². The van der Waals surface area contributed by atoms with E-state index in [0.29, 0.717) is 12.1 Å². The molecule has 1 aromatic rings. The van der Waals surface area contributed by atoms with Crippen LogP contribution < -0.4 is 11.1 Å².